The highest BCUT2D eigenvalue weighted by Crippen LogP contribution is 2.20. The van der Waals surface area contributed by atoms with Gasteiger partial charge in [-0.05, 0) is 32.4 Å². The molecule has 0 saturated carbocycles. The van der Waals surface area contributed by atoms with Gasteiger partial charge in [0.05, 0.1) is 0 Å². The number of rotatable bonds is 4. The molecule has 14 heavy (non-hydrogen) atoms. The second kappa shape index (κ2) is 5.35. The smallest absolute Gasteiger partial charge is 0.0429 e. The monoisotopic (exact) mass is 256 g/mol. The second-order valence-corrected chi connectivity index (χ2v) is 4.43. The first-order valence-corrected chi connectivity index (χ1v) is 6.02. The molecule has 0 unspecified atom stereocenters. The first kappa shape index (κ1) is 11.5. The number of hydrogen-bond donors (Lipinski definition) is 0. The Bertz CT molecular complexity index is 286. The van der Waals surface area contributed by atoms with Gasteiger partial charge in [-0.25, -0.2) is 0 Å². The summed E-state index contributed by atoms with van der Waals surface area (Å²) >= 11 is 3.48. The van der Waals surface area contributed by atoms with Crippen molar-refractivity contribution < 1.29 is 0 Å². The van der Waals surface area contributed by atoms with Crippen molar-refractivity contribution in [2.45, 2.75) is 26.8 Å². The molecular weight excluding hydrogens is 240 g/mol. The highest BCUT2D eigenvalue weighted by atomic mass is 79.9. The van der Waals surface area contributed by atoms with Gasteiger partial charge in [-0.15, -0.1) is 0 Å². The van der Waals surface area contributed by atoms with E-state index in [0.29, 0.717) is 6.04 Å². The minimum Gasteiger partial charge on any atom is -0.368 e. The van der Waals surface area contributed by atoms with E-state index in [1.54, 1.807) is 0 Å². The molecular formula is C11H17BrN2. The number of halogens is 1. The molecule has 0 N–H and O–H groups in total. The van der Waals surface area contributed by atoms with Crippen molar-refractivity contribution in [3.63, 3.8) is 0 Å². The SMILES string of the molecule is Cc1cnccc1N(CCBr)C(C)C. The van der Waals surface area contributed by atoms with Crippen LogP contribution < -0.4 is 4.90 Å². The van der Waals surface area contributed by atoms with Crippen molar-refractivity contribution in [2.75, 3.05) is 16.8 Å². The molecule has 1 rings (SSSR count). The maximum absolute atomic E-state index is 4.11. The third-order valence-corrected chi connectivity index (χ3v) is 2.60. The van der Waals surface area contributed by atoms with Crippen LogP contribution in [0, 0.1) is 6.92 Å². The number of pyridine rings is 1. The topological polar surface area (TPSA) is 16.1 Å². The Balaban J connectivity index is 2.93. The molecule has 3 heteroatoms. The number of nitrogens with zero attached hydrogens (tertiary/aromatic N) is 2. The maximum atomic E-state index is 4.11. The van der Waals surface area contributed by atoms with Gasteiger partial charge in [0.1, 0.15) is 0 Å². The third-order valence-electron chi connectivity index (χ3n) is 2.25. The van der Waals surface area contributed by atoms with E-state index in [-0.39, 0.29) is 0 Å². The average molecular weight is 257 g/mol. The lowest BCUT2D eigenvalue weighted by atomic mass is 10.2. The predicted octanol–water partition coefficient (Wildman–Crippen LogP) is 3.00. The molecule has 0 aliphatic carbocycles. The molecule has 0 spiro atoms. The summed E-state index contributed by atoms with van der Waals surface area (Å²) in [6, 6.07) is 2.60. The zero-order valence-electron chi connectivity index (χ0n) is 9.00. The fourth-order valence-electron chi connectivity index (χ4n) is 1.54. The molecule has 2 nitrogen and oxygen atoms in total. The van der Waals surface area contributed by atoms with E-state index in [1.165, 1.54) is 11.3 Å². The first-order chi connectivity index (χ1) is 6.66. The van der Waals surface area contributed by atoms with E-state index >= 15 is 0 Å². The van der Waals surface area contributed by atoms with Crippen LogP contribution in [0.1, 0.15) is 19.4 Å². The maximum Gasteiger partial charge on any atom is 0.0429 e. The molecule has 0 saturated heterocycles. The van der Waals surface area contributed by atoms with Crippen molar-refractivity contribution in [3.8, 4) is 0 Å². The number of aryl methyl sites for hydroxylation is 1. The molecule has 0 amide bonds. The molecule has 1 aromatic rings. The Hall–Kier alpha value is -0.570. The van der Waals surface area contributed by atoms with Crippen LogP contribution in [0.15, 0.2) is 18.5 Å². The summed E-state index contributed by atoms with van der Waals surface area (Å²) < 4.78 is 0. The Morgan fingerprint density at radius 1 is 1.50 bits per heavy atom. The molecule has 0 radical (unpaired) electrons. The molecule has 0 atom stereocenters. The van der Waals surface area contributed by atoms with E-state index in [4.69, 9.17) is 0 Å². The molecule has 0 bridgehead atoms. The molecule has 1 heterocycles. The summed E-state index contributed by atoms with van der Waals surface area (Å²) in [4.78, 5) is 6.49. The van der Waals surface area contributed by atoms with Crippen LogP contribution in [-0.2, 0) is 0 Å². The average Bonchev–Trinajstić information content (AvgIpc) is 2.15. The zero-order valence-corrected chi connectivity index (χ0v) is 10.6. The minimum absolute atomic E-state index is 0.522. The van der Waals surface area contributed by atoms with Crippen LogP contribution >= 0.6 is 15.9 Å². The fraction of sp³-hybridized carbons (Fsp3) is 0.545. The minimum atomic E-state index is 0.522. The summed E-state index contributed by atoms with van der Waals surface area (Å²) in [5, 5.41) is 0.993. The van der Waals surface area contributed by atoms with Gasteiger partial charge in [-0.3, -0.25) is 4.98 Å². The van der Waals surface area contributed by atoms with Crippen molar-refractivity contribution >= 4 is 21.6 Å². The van der Waals surface area contributed by atoms with Gasteiger partial charge >= 0.3 is 0 Å². The van der Waals surface area contributed by atoms with Gasteiger partial charge in [-0.1, -0.05) is 15.9 Å². The van der Waals surface area contributed by atoms with Crippen LogP contribution in [0.3, 0.4) is 0 Å². The van der Waals surface area contributed by atoms with E-state index in [9.17, 15) is 0 Å². The largest absolute Gasteiger partial charge is 0.368 e. The molecule has 1 aromatic heterocycles. The Kier molecular flexibility index (Phi) is 4.39. The summed E-state index contributed by atoms with van der Waals surface area (Å²) in [5.41, 5.74) is 2.52. The summed E-state index contributed by atoms with van der Waals surface area (Å²) in [6.45, 7) is 7.56. The molecule has 78 valence electrons. The van der Waals surface area contributed by atoms with E-state index in [2.05, 4.69) is 52.7 Å². The van der Waals surface area contributed by atoms with Crippen LogP contribution in [0.4, 0.5) is 5.69 Å². The van der Waals surface area contributed by atoms with Gasteiger partial charge in [-0.2, -0.15) is 0 Å². The highest BCUT2D eigenvalue weighted by molar-refractivity contribution is 9.09. The quantitative estimate of drug-likeness (QED) is 0.771. The van der Waals surface area contributed by atoms with Gasteiger partial charge in [0.25, 0.3) is 0 Å². The molecule has 0 aromatic carbocycles. The van der Waals surface area contributed by atoms with Crippen LogP contribution in [-0.4, -0.2) is 22.9 Å². The van der Waals surface area contributed by atoms with Crippen molar-refractivity contribution in [2.24, 2.45) is 0 Å². The highest BCUT2D eigenvalue weighted by Gasteiger charge is 2.11. The van der Waals surface area contributed by atoms with E-state index in [1.807, 2.05) is 12.4 Å². The fourth-order valence-corrected chi connectivity index (χ4v) is 1.92. The van der Waals surface area contributed by atoms with Gasteiger partial charge in [0.2, 0.25) is 0 Å². The standard InChI is InChI=1S/C11H17BrN2/c1-9(2)14(7-5-12)11-4-6-13-8-10(11)3/h4,6,8-9H,5,7H2,1-3H3. The van der Waals surface area contributed by atoms with Crippen molar-refractivity contribution in [1.29, 1.82) is 0 Å². The number of hydrogen-bond acceptors (Lipinski definition) is 2. The second-order valence-electron chi connectivity index (χ2n) is 3.64. The van der Waals surface area contributed by atoms with Crippen LogP contribution in [0.2, 0.25) is 0 Å². The van der Waals surface area contributed by atoms with E-state index < -0.39 is 0 Å². The number of alkyl halides is 1. The van der Waals surface area contributed by atoms with Gasteiger partial charge < -0.3 is 4.90 Å². The summed E-state index contributed by atoms with van der Waals surface area (Å²) in [7, 11) is 0. The predicted molar refractivity (Wildman–Crippen MR) is 65.3 cm³/mol. The van der Waals surface area contributed by atoms with Gasteiger partial charge in [0.15, 0.2) is 0 Å². The Labute approximate surface area is 94.5 Å². The lowest BCUT2D eigenvalue weighted by Gasteiger charge is -2.29. The van der Waals surface area contributed by atoms with Crippen LogP contribution in [0.25, 0.3) is 0 Å². The number of aromatic nitrogens is 1. The summed E-state index contributed by atoms with van der Waals surface area (Å²) in [6.07, 6.45) is 3.77. The van der Waals surface area contributed by atoms with Crippen molar-refractivity contribution in [1.82, 2.24) is 4.98 Å². The first-order valence-electron chi connectivity index (χ1n) is 4.90. The summed E-state index contributed by atoms with van der Waals surface area (Å²) in [5.74, 6) is 0. The molecule has 0 aliphatic rings. The van der Waals surface area contributed by atoms with E-state index in [0.717, 1.165) is 11.9 Å². The lowest BCUT2D eigenvalue weighted by Crippen LogP contribution is -2.33. The zero-order chi connectivity index (χ0) is 10.6. The molecule has 0 aliphatic heterocycles. The lowest BCUT2D eigenvalue weighted by molar-refractivity contribution is 0.705. The molecule has 0 fully saturated rings. The Morgan fingerprint density at radius 3 is 2.71 bits per heavy atom. The van der Waals surface area contributed by atoms with Crippen LogP contribution in [0.5, 0.6) is 0 Å². The number of anilines is 1. The normalized spacial score (nSPS) is 10.6. The van der Waals surface area contributed by atoms with Crippen molar-refractivity contribution in [3.05, 3.63) is 24.0 Å². The third kappa shape index (κ3) is 2.71. The van der Waals surface area contributed by atoms with Gasteiger partial charge in [0, 0.05) is 36.0 Å². The Morgan fingerprint density at radius 2 is 2.21 bits per heavy atom.